The van der Waals surface area contributed by atoms with Crippen molar-refractivity contribution in [2.24, 2.45) is 5.10 Å². The van der Waals surface area contributed by atoms with E-state index < -0.39 is 0 Å². The third-order valence-electron chi connectivity index (χ3n) is 4.35. The van der Waals surface area contributed by atoms with E-state index in [0.29, 0.717) is 28.0 Å². The predicted molar refractivity (Wildman–Crippen MR) is 105 cm³/mol. The van der Waals surface area contributed by atoms with Crippen molar-refractivity contribution in [3.8, 4) is 5.69 Å². The summed E-state index contributed by atoms with van der Waals surface area (Å²) in [6, 6.07) is 16.4. The highest BCUT2D eigenvalue weighted by molar-refractivity contribution is 5.81. The van der Waals surface area contributed by atoms with Crippen molar-refractivity contribution < 1.29 is 0 Å². The molecule has 134 valence electrons. The molecule has 2 aromatic carbocycles. The molecule has 0 spiro atoms. The first-order chi connectivity index (χ1) is 13.1. The highest BCUT2D eigenvalue weighted by Crippen LogP contribution is 2.08. The van der Waals surface area contributed by atoms with Crippen LogP contribution in [0.15, 0.2) is 69.3 Å². The fourth-order valence-corrected chi connectivity index (χ4v) is 2.96. The Morgan fingerprint density at radius 3 is 2.44 bits per heavy atom. The first kappa shape index (κ1) is 16.7. The average Bonchev–Trinajstić information content (AvgIpc) is 2.96. The van der Waals surface area contributed by atoms with Gasteiger partial charge in [-0.25, -0.2) is 9.67 Å². The van der Waals surface area contributed by atoms with Gasteiger partial charge in [-0.2, -0.15) is 9.78 Å². The first-order valence-electron chi connectivity index (χ1n) is 8.46. The fraction of sp³-hybridized carbons (Fsp3) is 0.100. The second-order valence-corrected chi connectivity index (χ2v) is 6.16. The molecule has 0 aliphatic heterocycles. The molecule has 7 nitrogen and oxygen atoms in total. The molecule has 7 heteroatoms. The summed E-state index contributed by atoms with van der Waals surface area (Å²) in [6.45, 7) is 3.49. The second-order valence-electron chi connectivity index (χ2n) is 6.16. The first-order valence-corrected chi connectivity index (χ1v) is 8.46. The van der Waals surface area contributed by atoms with Gasteiger partial charge in [0.05, 0.1) is 28.4 Å². The summed E-state index contributed by atoms with van der Waals surface area (Å²) in [4.78, 5) is 29.8. The van der Waals surface area contributed by atoms with Crippen molar-refractivity contribution in [2.45, 2.75) is 13.8 Å². The molecular formula is C20H17N5O2. The largest absolute Gasteiger partial charge is 0.295 e. The number of fused-ring (bicyclic) bond motifs is 1. The normalized spacial score (nSPS) is 11.5. The Bertz CT molecular complexity index is 1280. The molecule has 0 saturated carbocycles. The number of H-pyrrole nitrogens is 1. The number of aromatic amines is 1. The molecule has 2 aromatic heterocycles. The van der Waals surface area contributed by atoms with Crippen LogP contribution in [-0.4, -0.2) is 25.7 Å². The molecule has 0 fully saturated rings. The minimum absolute atomic E-state index is 0.234. The van der Waals surface area contributed by atoms with Crippen molar-refractivity contribution in [1.29, 1.82) is 0 Å². The van der Waals surface area contributed by atoms with Crippen LogP contribution in [0.4, 0.5) is 0 Å². The van der Waals surface area contributed by atoms with Crippen molar-refractivity contribution in [3.05, 3.63) is 92.4 Å². The molecule has 0 unspecified atom stereocenters. The molecular weight excluding hydrogens is 342 g/mol. The summed E-state index contributed by atoms with van der Waals surface area (Å²) in [5.74, 6) is 0.450. The van der Waals surface area contributed by atoms with E-state index in [-0.39, 0.29) is 11.1 Å². The molecule has 0 saturated heterocycles. The van der Waals surface area contributed by atoms with Gasteiger partial charge in [-0.3, -0.25) is 14.7 Å². The van der Waals surface area contributed by atoms with Crippen LogP contribution in [0.25, 0.3) is 16.6 Å². The van der Waals surface area contributed by atoms with E-state index >= 15 is 0 Å². The summed E-state index contributed by atoms with van der Waals surface area (Å²) in [5, 5.41) is 7.75. The second kappa shape index (κ2) is 6.53. The fourth-order valence-electron chi connectivity index (χ4n) is 2.96. The molecule has 0 radical (unpaired) electrons. The van der Waals surface area contributed by atoms with E-state index in [1.165, 1.54) is 15.6 Å². The van der Waals surface area contributed by atoms with Crippen molar-refractivity contribution >= 4 is 17.1 Å². The molecule has 0 aliphatic carbocycles. The quantitative estimate of drug-likeness (QED) is 0.570. The number of para-hydroxylation sites is 2. The Hall–Kier alpha value is -3.74. The van der Waals surface area contributed by atoms with Crippen LogP contribution in [0.5, 0.6) is 0 Å². The number of hydrogen-bond acceptors (Lipinski definition) is 4. The van der Waals surface area contributed by atoms with Crippen molar-refractivity contribution in [2.75, 3.05) is 0 Å². The molecule has 27 heavy (non-hydrogen) atoms. The highest BCUT2D eigenvalue weighted by Gasteiger charge is 2.11. The number of nitrogens with zero attached hydrogens (tertiary/aromatic N) is 4. The number of aryl methyl sites for hydroxylation is 2. The van der Waals surface area contributed by atoms with Crippen LogP contribution in [0.1, 0.15) is 17.1 Å². The lowest BCUT2D eigenvalue weighted by molar-refractivity contribution is 0.770. The number of benzene rings is 2. The maximum absolute atomic E-state index is 12.7. The van der Waals surface area contributed by atoms with Crippen LogP contribution in [0.3, 0.4) is 0 Å². The Balaban J connectivity index is 1.81. The van der Waals surface area contributed by atoms with Crippen LogP contribution in [-0.2, 0) is 0 Å². The molecule has 2 heterocycles. The van der Waals surface area contributed by atoms with Crippen LogP contribution < -0.4 is 11.1 Å². The van der Waals surface area contributed by atoms with Gasteiger partial charge in [0.1, 0.15) is 5.82 Å². The minimum atomic E-state index is -0.272. The minimum Gasteiger partial charge on any atom is -0.295 e. The summed E-state index contributed by atoms with van der Waals surface area (Å²) in [7, 11) is 0. The Morgan fingerprint density at radius 1 is 0.963 bits per heavy atom. The Labute approximate surface area is 154 Å². The number of rotatable bonds is 3. The van der Waals surface area contributed by atoms with Crippen molar-refractivity contribution in [3.63, 3.8) is 0 Å². The van der Waals surface area contributed by atoms with Gasteiger partial charge in [-0.15, -0.1) is 0 Å². The van der Waals surface area contributed by atoms with Gasteiger partial charge in [-0.05, 0) is 38.1 Å². The molecule has 1 N–H and O–H groups in total. The Kier molecular flexibility index (Phi) is 4.04. The maximum atomic E-state index is 12.7. The number of hydrogen-bond donors (Lipinski definition) is 1. The third kappa shape index (κ3) is 2.89. The van der Waals surface area contributed by atoms with Crippen LogP contribution in [0.2, 0.25) is 0 Å². The Morgan fingerprint density at radius 2 is 1.67 bits per heavy atom. The SMILES string of the molecule is Cc1[nH]n(-c2ccccc2)c(=O)c1/C=N\n1c(C)nc2ccccc2c1=O. The summed E-state index contributed by atoms with van der Waals surface area (Å²) in [5.41, 5.74) is 1.89. The van der Waals surface area contributed by atoms with Crippen molar-refractivity contribution in [1.82, 2.24) is 19.4 Å². The van der Waals surface area contributed by atoms with Crippen LogP contribution >= 0.6 is 0 Å². The zero-order chi connectivity index (χ0) is 19.0. The molecule has 0 aliphatic rings. The topological polar surface area (TPSA) is 85.0 Å². The molecule has 0 amide bonds. The summed E-state index contributed by atoms with van der Waals surface area (Å²) in [6.07, 6.45) is 1.40. The van der Waals surface area contributed by atoms with E-state index in [2.05, 4.69) is 15.2 Å². The standard InChI is InChI=1S/C20H17N5O2/c1-13-17(20(27)25(23-13)15-8-4-3-5-9-15)12-21-24-14(2)22-18-11-7-6-10-16(18)19(24)26/h3-12,23H,1-2H3/b21-12-. The lowest BCUT2D eigenvalue weighted by Crippen LogP contribution is -2.21. The van der Waals surface area contributed by atoms with Gasteiger partial charge in [0, 0.05) is 5.69 Å². The van der Waals surface area contributed by atoms with Gasteiger partial charge >= 0.3 is 0 Å². The third-order valence-corrected chi connectivity index (χ3v) is 4.35. The highest BCUT2D eigenvalue weighted by atomic mass is 16.1. The number of nitrogens with one attached hydrogen (secondary N) is 1. The van der Waals surface area contributed by atoms with Gasteiger partial charge in [0.15, 0.2) is 0 Å². The zero-order valence-corrected chi connectivity index (χ0v) is 14.9. The van der Waals surface area contributed by atoms with E-state index in [9.17, 15) is 9.59 Å². The zero-order valence-electron chi connectivity index (χ0n) is 14.9. The van der Waals surface area contributed by atoms with E-state index in [4.69, 9.17) is 0 Å². The smallest absolute Gasteiger partial charge is 0.282 e. The number of aromatic nitrogens is 4. The molecule has 4 rings (SSSR count). The van der Waals surface area contributed by atoms with Gasteiger partial charge in [0.25, 0.3) is 11.1 Å². The lowest BCUT2D eigenvalue weighted by atomic mass is 10.2. The van der Waals surface area contributed by atoms with E-state index in [1.807, 2.05) is 36.4 Å². The predicted octanol–water partition coefficient (Wildman–Crippen LogP) is 2.37. The molecule has 4 aromatic rings. The monoisotopic (exact) mass is 359 g/mol. The maximum Gasteiger partial charge on any atom is 0.282 e. The average molecular weight is 359 g/mol. The van der Waals surface area contributed by atoms with Gasteiger partial charge < -0.3 is 0 Å². The van der Waals surface area contributed by atoms with E-state index in [0.717, 1.165) is 5.69 Å². The van der Waals surface area contributed by atoms with Crippen LogP contribution in [0, 0.1) is 13.8 Å². The molecule has 0 bridgehead atoms. The summed E-state index contributed by atoms with van der Waals surface area (Å²) < 4.78 is 2.66. The van der Waals surface area contributed by atoms with Gasteiger partial charge in [0.2, 0.25) is 0 Å². The molecule has 0 atom stereocenters. The summed E-state index contributed by atoms with van der Waals surface area (Å²) >= 11 is 0. The van der Waals surface area contributed by atoms with Gasteiger partial charge in [-0.1, -0.05) is 30.3 Å². The van der Waals surface area contributed by atoms with E-state index in [1.54, 1.807) is 32.0 Å². The lowest BCUT2D eigenvalue weighted by Gasteiger charge is -2.04.